The van der Waals surface area contributed by atoms with Crippen LogP contribution in [0, 0.1) is 0 Å². The maximum absolute atomic E-state index is 12.0. The number of fused-ring (bicyclic) bond motifs is 2. The summed E-state index contributed by atoms with van der Waals surface area (Å²) in [5.74, 6) is 0.774. The molecule has 7 heteroatoms. The van der Waals surface area contributed by atoms with E-state index in [2.05, 4.69) is 15.2 Å². The van der Waals surface area contributed by atoms with Gasteiger partial charge in [-0.25, -0.2) is 10.1 Å². The fourth-order valence-corrected chi connectivity index (χ4v) is 2.96. The molecule has 0 saturated carbocycles. The molecule has 0 radical (unpaired) electrons. The van der Waals surface area contributed by atoms with Gasteiger partial charge in [-0.05, 0) is 31.2 Å². The number of benzene rings is 1. The number of rotatable bonds is 4. The Morgan fingerprint density at radius 2 is 2.12 bits per heavy atom. The van der Waals surface area contributed by atoms with Crippen molar-refractivity contribution in [1.82, 2.24) is 19.6 Å². The van der Waals surface area contributed by atoms with Gasteiger partial charge in [0.2, 0.25) is 0 Å². The summed E-state index contributed by atoms with van der Waals surface area (Å²) in [5, 5.41) is 7.84. The number of nitrogens with one attached hydrogen (secondary N) is 1. The lowest BCUT2D eigenvalue weighted by atomic mass is 10.1. The summed E-state index contributed by atoms with van der Waals surface area (Å²) in [6.07, 6.45) is 3.71. The molecule has 4 aromatic rings. The van der Waals surface area contributed by atoms with E-state index in [1.807, 2.05) is 41.8 Å². The summed E-state index contributed by atoms with van der Waals surface area (Å²) in [5.41, 5.74) is 8.84. The molecule has 0 bridgehead atoms. The molecule has 0 spiro atoms. The van der Waals surface area contributed by atoms with E-state index in [1.165, 1.54) is 0 Å². The molecule has 0 unspecified atom stereocenters. The van der Waals surface area contributed by atoms with E-state index in [1.54, 1.807) is 12.3 Å². The highest BCUT2D eigenvalue weighted by Crippen LogP contribution is 2.26. The molecule has 0 aliphatic heterocycles. The molecular weight excluding hydrogens is 318 g/mol. The largest absolute Gasteiger partial charge is 0.492 e. The summed E-state index contributed by atoms with van der Waals surface area (Å²) in [7, 11) is 0. The van der Waals surface area contributed by atoms with Gasteiger partial charge >= 0.3 is 0 Å². The molecule has 4 rings (SSSR count). The topological polar surface area (TPSA) is 98.3 Å². The van der Waals surface area contributed by atoms with Crippen LogP contribution in [-0.2, 0) is 6.54 Å². The van der Waals surface area contributed by atoms with Crippen LogP contribution in [0.5, 0.6) is 5.75 Å². The van der Waals surface area contributed by atoms with Crippen molar-refractivity contribution in [3.05, 3.63) is 58.8 Å². The molecule has 0 fully saturated rings. The number of H-pyrrole nitrogens is 1. The Kier molecular flexibility index (Phi) is 3.70. The van der Waals surface area contributed by atoms with Gasteiger partial charge in [0.15, 0.2) is 0 Å². The monoisotopic (exact) mass is 335 g/mol. The first-order chi connectivity index (χ1) is 12.2. The van der Waals surface area contributed by atoms with Crippen molar-refractivity contribution in [2.24, 2.45) is 5.73 Å². The van der Waals surface area contributed by atoms with Crippen LogP contribution < -0.4 is 16.0 Å². The number of hydrogen-bond acceptors (Lipinski definition) is 5. The maximum Gasteiger partial charge on any atom is 0.272 e. The zero-order valence-electron chi connectivity index (χ0n) is 13.7. The van der Waals surface area contributed by atoms with E-state index in [9.17, 15) is 4.79 Å². The molecule has 7 nitrogen and oxygen atoms in total. The van der Waals surface area contributed by atoms with Gasteiger partial charge in [0, 0.05) is 17.5 Å². The molecular formula is C18H17N5O2. The number of imidazole rings is 1. The molecule has 0 atom stereocenters. The minimum absolute atomic E-state index is 0.226. The summed E-state index contributed by atoms with van der Waals surface area (Å²) < 4.78 is 7.54. The Labute approximate surface area is 143 Å². The van der Waals surface area contributed by atoms with Gasteiger partial charge in [0.25, 0.3) is 5.56 Å². The van der Waals surface area contributed by atoms with Crippen molar-refractivity contribution in [3.8, 4) is 17.0 Å². The standard InChI is InChI=1S/C18H17N5O2/c1-2-25-12-4-6-17-20-9-16(23(17)10-12)11-3-5-13-14(7-11)15(8-19)21-22-18(13)24/h3-7,9-10H,2,8,19H2,1H3,(H,22,24). The van der Waals surface area contributed by atoms with Gasteiger partial charge in [-0.15, -0.1) is 0 Å². The van der Waals surface area contributed by atoms with E-state index in [0.29, 0.717) is 17.7 Å². The second-order valence-corrected chi connectivity index (χ2v) is 5.63. The van der Waals surface area contributed by atoms with Gasteiger partial charge in [-0.1, -0.05) is 6.07 Å². The number of nitrogens with two attached hydrogens (primary N) is 1. The second kappa shape index (κ2) is 6.03. The highest BCUT2D eigenvalue weighted by molar-refractivity contribution is 5.88. The van der Waals surface area contributed by atoms with Crippen LogP contribution in [0.25, 0.3) is 27.7 Å². The lowest BCUT2D eigenvalue weighted by Crippen LogP contribution is -2.13. The number of nitrogens with zero attached hydrogens (tertiary/aromatic N) is 3. The highest BCUT2D eigenvalue weighted by Gasteiger charge is 2.11. The minimum Gasteiger partial charge on any atom is -0.492 e. The fourth-order valence-electron chi connectivity index (χ4n) is 2.96. The lowest BCUT2D eigenvalue weighted by Gasteiger charge is -2.08. The lowest BCUT2D eigenvalue weighted by molar-refractivity contribution is 0.338. The average molecular weight is 335 g/mol. The Morgan fingerprint density at radius 1 is 1.24 bits per heavy atom. The highest BCUT2D eigenvalue weighted by atomic mass is 16.5. The third kappa shape index (κ3) is 2.54. The van der Waals surface area contributed by atoms with Gasteiger partial charge in [-0.3, -0.25) is 9.20 Å². The Bertz CT molecular complexity index is 1130. The van der Waals surface area contributed by atoms with E-state index in [0.717, 1.165) is 28.0 Å². The maximum atomic E-state index is 12.0. The first kappa shape index (κ1) is 15.3. The SMILES string of the molecule is CCOc1ccc2ncc(-c3ccc4c(=O)[nH]nc(CN)c4c3)n2c1. The van der Waals surface area contributed by atoms with Crippen LogP contribution in [0.2, 0.25) is 0 Å². The molecule has 0 aliphatic rings. The number of aromatic nitrogens is 4. The second-order valence-electron chi connectivity index (χ2n) is 5.63. The summed E-state index contributed by atoms with van der Waals surface area (Å²) in [4.78, 5) is 16.4. The molecule has 25 heavy (non-hydrogen) atoms. The molecule has 0 amide bonds. The minimum atomic E-state index is -0.226. The van der Waals surface area contributed by atoms with Gasteiger partial charge in [0.05, 0.1) is 35.8 Å². The predicted molar refractivity (Wildman–Crippen MR) is 95.6 cm³/mol. The van der Waals surface area contributed by atoms with E-state index < -0.39 is 0 Å². The zero-order valence-corrected chi connectivity index (χ0v) is 13.7. The Balaban J connectivity index is 1.94. The summed E-state index contributed by atoms with van der Waals surface area (Å²) in [6.45, 7) is 2.79. The van der Waals surface area contributed by atoms with E-state index in [-0.39, 0.29) is 12.1 Å². The number of ether oxygens (including phenoxy) is 1. The quantitative estimate of drug-likeness (QED) is 0.595. The first-order valence-corrected chi connectivity index (χ1v) is 8.03. The normalized spacial score (nSPS) is 11.3. The van der Waals surface area contributed by atoms with E-state index in [4.69, 9.17) is 10.5 Å². The fraction of sp³-hybridized carbons (Fsp3) is 0.167. The number of aromatic amines is 1. The predicted octanol–water partition coefficient (Wildman–Crippen LogP) is 2.10. The van der Waals surface area contributed by atoms with Gasteiger partial charge < -0.3 is 10.5 Å². The van der Waals surface area contributed by atoms with Crippen molar-refractivity contribution in [3.63, 3.8) is 0 Å². The molecule has 0 saturated heterocycles. The van der Waals surface area contributed by atoms with Crippen molar-refractivity contribution in [1.29, 1.82) is 0 Å². The van der Waals surface area contributed by atoms with Crippen LogP contribution in [0.1, 0.15) is 12.6 Å². The molecule has 3 heterocycles. The van der Waals surface area contributed by atoms with Crippen LogP contribution in [-0.4, -0.2) is 26.2 Å². The summed E-state index contributed by atoms with van der Waals surface area (Å²) in [6, 6.07) is 9.42. The molecule has 0 aliphatic carbocycles. The Hall–Kier alpha value is -3.19. The number of hydrogen-bond donors (Lipinski definition) is 2. The molecule has 3 aromatic heterocycles. The van der Waals surface area contributed by atoms with Crippen molar-refractivity contribution in [2.45, 2.75) is 13.5 Å². The Morgan fingerprint density at radius 3 is 2.92 bits per heavy atom. The van der Waals surface area contributed by atoms with Crippen molar-refractivity contribution < 1.29 is 4.74 Å². The van der Waals surface area contributed by atoms with E-state index >= 15 is 0 Å². The van der Waals surface area contributed by atoms with Crippen LogP contribution in [0.15, 0.2) is 47.5 Å². The molecule has 1 aromatic carbocycles. The first-order valence-electron chi connectivity index (χ1n) is 8.03. The van der Waals surface area contributed by atoms with Crippen LogP contribution in [0.4, 0.5) is 0 Å². The van der Waals surface area contributed by atoms with Crippen molar-refractivity contribution >= 4 is 16.4 Å². The molecule has 126 valence electrons. The van der Waals surface area contributed by atoms with Gasteiger partial charge in [-0.2, -0.15) is 5.10 Å². The summed E-state index contributed by atoms with van der Waals surface area (Å²) >= 11 is 0. The van der Waals surface area contributed by atoms with Crippen LogP contribution >= 0.6 is 0 Å². The van der Waals surface area contributed by atoms with Crippen molar-refractivity contribution in [2.75, 3.05) is 6.61 Å². The van der Waals surface area contributed by atoms with Crippen LogP contribution in [0.3, 0.4) is 0 Å². The van der Waals surface area contributed by atoms with Gasteiger partial charge in [0.1, 0.15) is 11.4 Å². The third-order valence-electron chi connectivity index (χ3n) is 4.15. The number of pyridine rings is 1. The smallest absolute Gasteiger partial charge is 0.272 e. The third-order valence-corrected chi connectivity index (χ3v) is 4.15. The molecule has 3 N–H and O–H groups in total. The zero-order chi connectivity index (χ0) is 17.4. The average Bonchev–Trinajstić information content (AvgIpc) is 3.05.